The molecule has 16 heavy (non-hydrogen) atoms. The summed E-state index contributed by atoms with van der Waals surface area (Å²) in [4.78, 5) is 1.81. The van der Waals surface area contributed by atoms with E-state index in [1.54, 1.807) is 7.11 Å². The molecule has 5 heteroatoms. The van der Waals surface area contributed by atoms with Gasteiger partial charge in [-0.3, -0.25) is 0 Å². The molecule has 1 rings (SSSR count). The Labute approximate surface area is 99.5 Å². The average molecular weight is 240 g/mol. The molecule has 88 valence electrons. The number of aliphatic hydroxyl groups excluding tert-OH is 1. The minimum Gasteiger partial charge on any atom is -0.389 e. The SMILES string of the molecule is COCC(O)CNC(C)c1ccc(C#N)s1. The van der Waals surface area contributed by atoms with Crippen LogP contribution in [0.15, 0.2) is 12.1 Å². The van der Waals surface area contributed by atoms with Crippen molar-refractivity contribution in [2.75, 3.05) is 20.3 Å². The smallest absolute Gasteiger partial charge is 0.110 e. The maximum Gasteiger partial charge on any atom is 0.110 e. The molecule has 0 aliphatic carbocycles. The van der Waals surface area contributed by atoms with Crippen molar-refractivity contribution >= 4 is 11.3 Å². The van der Waals surface area contributed by atoms with Crippen LogP contribution in [0.2, 0.25) is 0 Å². The molecule has 4 nitrogen and oxygen atoms in total. The van der Waals surface area contributed by atoms with Crippen LogP contribution in [0, 0.1) is 11.3 Å². The number of nitrogens with one attached hydrogen (secondary N) is 1. The molecule has 1 heterocycles. The fourth-order valence-corrected chi connectivity index (χ4v) is 2.14. The zero-order chi connectivity index (χ0) is 12.0. The highest BCUT2D eigenvalue weighted by Gasteiger charge is 2.10. The molecule has 0 aliphatic heterocycles. The Bertz CT molecular complexity index is 359. The summed E-state index contributed by atoms with van der Waals surface area (Å²) in [5.41, 5.74) is 0. The third-order valence-electron chi connectivity index (χ3n) is 2.18. The van der Waals surface area contributed by atoms with Crippen molar-refractivity contribution < 1.29 is 9.84 Å². The average Bonchev–Trinajstić information content (AvgIpc) is 2.75. The molecule has 0 fully saturated rings. The number of ether oxygens (including phenoxy) is 1. The van der Waals surface area contributed by atoms with E-state index in [0.29, 0.717) is 18.0 Å². The van der Waals surface area contributed by atoms with Gasteiger partial charge < -0.3 is 15.2 Å². The maximum atomic E-state index is 9.46. The highest BCUT2D eigenvalue weighted by atomic mass is 32.1. The first-order valence-electron chi connectivity index (χ1n) is 5.07. The lowest BCUT2D eigenvalue weighted by molar-refractivity contribution is 0.0631. The number of thiophene rings is 1. The molecule has 2 unspecified atom stereocenters. The van der Waals surface area contributed by atoms with Gasteiger partial charge in [0.1, 0.15) is 10.9 Å². The van der Waals surface area contributed by atoms with E-state index in [4.69, 9.17) is 10.00 Å². The molecular formula is C11H16N2O2S. The summed E-state index contributed by atoms with van der Waals surface area (Å²) < 4.78 is 4.83. The Morgan fingerprint density at radius 1 is 1.62 bits per heavy atom. The van der Waals surface area contributed by atoms with E-state index < -0.39 is 6.10 Å². The molecule has 0 saturated heterocycles. The van der Waals surface area contributed by atoms with Crippen molar-refractivity contribution in [1.29, 1.82) is 5.26 Å². The third-order valence-corrected chi connectivity index (χ3v) is 3.36. The number of hydrogen-bond acceptors (Lipinski definition) is 5. The lowest BCUT2D eigenvalue weighted by Gasteiger charge is -2.15. The molecule has 0 aromatic carbocycles. The van der Waals surface area contributed by atoms with Gasteiger partial charge in [-0.05, 0) is 19.1 Å². The minimum atomic E-state index is -0.497. The normalized spacial score (nSPS) is 14.4. The fraction of sp³-hybridized carbons (Fsp3) is 0.545. The van der Waals surface area contributed by atoms with Crippen LogP contribution in [0.25, 0.3) is 0 Å². The number of aliphatic hydroxyl groups is 1. The van der Waals surface area contributed by atoms with E-state index >= 15 is 0 Å². The molecule has 0 saturated carbocycles. The van der Waals surface area contributed by atoms with E-state index in [1.165, 1.54) is 11.3 Å². The highest BCUT2D eigenvalue weighted by Crippen LogP contribution is 2.22. The molecule has 1 aromatic rings. The summed E-state index contributed by atoms with van der Waals surface area (Å²) in [7, 11) is 1.56. The van der Waals surface area contributed by atoms with Crippen LogP contribution < -0.4 is 5.32 Å². The van der Waals surface area contributed by atoms with Crippen LogP contribution in [-0.4, -0.2) is 31.5 Å². The standard InChI is InChI=1S/C11H16N2O2S/c1-8(13-6-9(14)7-15-2)11-4-3-10(5-12)16-11/h3-4,8-9,13-14H,6-7H2,1-2H3. The lowest BCUT2D eigenvalue weighted by Crippen LogP contribution is -2.31. The second-order valence-electron chi connectivity index (χ2n) is 3.55. The maximum absolute atomic E-state index is 9.46. The van der Waals surface area contributed by atoms with Gasteiger partial charge in [-0.25, -0.2) is 0 Å². The molecular weight excluding hydrogens is 224 g/mol. The zero-order valence-electron chi connectivity index (χ0n) is 9.43. The fourth-order valence-electron chi connectivity index (χ4n) is 1.31. The summed E-state index contributed by atoms with van der Waals surface area (Å²) in [5.74, 6) is 0. The van der Waals surface area contributed by atoms with Crippen LogP contribution in [0.4, 0.5) is 0 Å². The second kappa shape index (κ2) is 6.61. The Balaban J connectivity index is 2.40. The summed E-state index contributed by atoms with van der Waals surface area (Å²) in [6.07, 6.45) is -0.497. The Hall–Kier alpha value is -0.930. The number of nitriles is 1. The minimum absolute atomic E-state index is 0.138. The first-order chi connectivity index (χ1) is 7.67. The molecule has 0 radical (unpaired) electrons. The van der Waals surface area contributed by atoms with Gasteiger partial charge in [-0.2, -0.15) is 5.26 Å². The quantitative estimate of drug-likeness (QED) is 0.786. The van der Waals surface area contributed by atoms with Crippen molar-refractivity contribution in [3.05, 3.63) is 21.9 Å². The van der Waals surface area contributed by atoms with Crippen molar-refractivity contribution in [2.24, 2.45) is 0 Å². The Morgan fingerprint density at radius 3 is 2.94 bits per heavy atom. The van der Waals surface area contributed by atoms with Crippen molar-refractivity contribution in [2.45, 2.75) is 19.1 Å². The molecule has 1 aromatic heterocycles. The van der Waals surface area contributed by atoms with Gasteiger partial charge >= 0.3 is 0 Å². The van der Waals surface area contributed by atoms with Crippen LogP contribution in [0.5, 0.6) is 0 Å². The summed E-state index contributed by atoms with van der Waals surface area (Å²) in [6, 6.07) is 5.99. The molecule has 0 bridgehead atoms. The van der Waals surface area contributed by atoms with Gasteiger partial charge in [0.15, 0.2) is 0 Å². The van der Waals surface area contributed by atoms with Gasteiger partial charge in [-0.15, -0.1) is 11.3 Å². The summed E-state index contributed by atoms with van der Waals surface area (Å²) >= 11 is 1.47. The highest BCUT2D eigenvalue weighted by molar-refractivity contribution is 7.12. The topological polar surface area (TPSA) is 65.3 Å². The van der Waals surface area contributed by atoms with E-state index in [-0.39, 0.29) is 6.04 Å². The predicted molar refractivity (Wildman–Crippen MR) is 63.3 cm³/mol. The summed E-state index contributed by atoms with van der Waals surface area (Å²) in [5, 5.41) is 21.4. The van der Waals surface area contributed by atoms with Crippen molar-refractivity contribution in [1.82, 2.24) is 5.32 Å². The van der Waals surface area contributed by atoms with E-state index in [1.807, 2.05) is 19.1 Å². The Morgan fingerprint density at radius 2 is 2.38 bits per heavy atom. The predicted octanol–water partition coefficient (Wildman–Crippen LogP) is 1.28. The third kappa shape index (κ3) is 3.91. The number of rotatable bonds is 6. The number of nitrogens with zero attached hydrogens (tertiary/aromatic N) is 1. The van der Waals surface area contributed by atoms with Gasteiger partial charge in [-0.1, -0.05) is 0 Å². The van der Waals surface area contributed by atoms with Crippen LogP contribution in [0.1, 0.15) is 22.7 Å². The molecule has 0 amide bonds. The first-order valence-corrected chi connectivity index (χ1v) is 5.89. The van der Waals surface area contributed by atoms with Gasteiger partial charge in [0.05, 0.1) is 12.7 Å². The molecule has 2 atom stereocenters. The second-order valence-corrected chi connectivity index (χ2v) is 4.67. The largest absolute Gasteiger partial charge is 0.389 e. The summed E-state index contributed by atoms with van der Waals surface area (Å²) in [6.45, 7) is 2.81. The molecule has 0 aliphatic rings. The van der Waals surface area contributed by atoms with Crippen LogP contribution >= 0.6 is 11.3 Å². The molecule has 0 spiro atoms. The Kier molecular flexibility index (Phi) is 5.43. The van der Waals surface area contributed by atoms with Gasteiger partial charge in [0, 0.05) is 24.6 Å². The van der Waals surface area contributed by atoms with E-state index in [2.05, 4.69) is 11.4 Å². The zero-order valence-corrected chi connectivity index (χ0v) is 10.3. The number of methoxy groups -OCH3 is 1. The van der Waals surface area contributed by atoms with E-state index in [9.17, 15) is 5.11 Å². The first kappa shape index (κ1) is 13.1. The monoisotopic (exact) mass is 240 g/mol. The van der Waals surface area contributed by atoms with Crippen LogP contribution in [0.3, 0.4) is 0 Å². The van der Waals surface area contributed by atoms with Gasteiger partial charge in [0.2, 0.25) is 0 Å². The van der Waals surface area contributed by atoms with Crippen molar-refractivity contribution in [3.8, 4) is 6.07 Å². The van der Waals surface area contributed by atoms with Crippen LogP contribution in [-0.2, 0) is 4.74 Å². The van der Waals surface area contributed by atoms with E-state index in [0.717, 1.165) is 4.88 Å². The number of hydrogen-bond donors (Lipinski definition) is 2. The molecule has 2 N–H and O–H groups in total. The lowest BCUT2D eigenvalue weighted by atomic mass is 10.2. The van der Waals surface area contributed by atoms with Crippen molar-refractivity contribution in [3.63, 3.8) is 0 Å². The van der Waals surface area contributed by atoms with Gasteiger partial charge in [0.25, 0.3) is 0 Å².